The quantitative estimate of drug-likeness (QED) is 0.427. The Labute approximate surface area is 184 Å². The van der Waals surface area contributed by atoms with E-state index in [-0.39, 0.29) is 10.8 Å². The van der Waals surface area contributed by atoms with Gasteiger partial charge in [0.25, 0.3) is 5.91 Å². The molecule has 2 N–H and O–H groups in total. The SMILES string of the molecule is CC(C)[C@H](C(=O)NO)N(C)S(=O)(=O)c1ccc(Oc2ccc(CCN(C)C)cc2)cc1. The van der Waals surface area contributed by atoms with E-state index in [2.05, 4.69) is 4.90 Å². The van der Waals surface area contributed by atoms with Gasteiger partial charge in [0.15, 0.2) is 0 Å². The number of sulfonamides is 1. The summed E-state index contributed by atoms with van der Waals surface area (Å²) in [4.78, 5) is 14.1. The van der Waals surface area contributed by atoms with Gasteiger partial charge >= 0.3 is 0 Å². The average Bonchev–Trinajstić information content (AvgIpc) is 2.73. The van der Waals surface area contributed by atoms with Gasteiger partial charge in [-0.3, -0.25) is 10.0 Å². The topological polar surface area (TPSA) is 99.2 Å². The molecule has 170 valence electrons. The first kappa shape index (κ1) is 24.8. The summed E-state index contributed by atoms with van der Waals surface area (Å²) in [5.41, 5.74) is 2.74. The van der Waals surface area contributed by atoms with Crippen LogP contribution in [-0.2, 0) is 21.2 Å². The van der Waals surface area contributed by atoms with Crippen LogP contribution in [-0.4, -0.2) is 62.5 Å². The van der Waals surface area contributed by atoms with Crippen LogP contribution in [0.1, 0.15) is 19.4 Å². The molecular formula is C22H31N3O5S. The maximum Gasteiger partial charge on any atom is 0.262 e. The Bertz CT molecular complexity index is 958. The Kier molecular flexibility index (Phi) is 8.58. The minimum Gasteiger partial charge on any atom is -0.457 e. The Balaban J connectivity index is 2.12. The van der Waals surface area contributed by atoms with E-state index in [0.29, 0.717) is 11.5 Å². The molecule has 0 radical (unpaired) electrons. The van der Waals surface area contributed by atoms with Crippen LogP contribution < -0.4 is 10.2 Å². The van der Waals surface area contributed by atoms with Crippen molar-refractivity contribution in [1.82, 2.24) is 14.7 Å². The molecule has 0 spiro atoms. The van der Waals surface area contributed by atoms with E-state index in [1.807, 2.05) is 38.4 Å². The number of amides is 1. The zero-order valence-electron chi connectivity index (χ0n) is 18.6. The average molecular weight is 450 g/mol. The number of likely N-dealkylation sites (N-methyl/N-ethyl adjacent to an activating group) is 2. The predicted molar refractivity (Wildman–Crippen MR) is 119 cm³/mol. The molecule has 1 amide bonds. The number of carbonyl (C=O) groups is 1. The highest BCUT2D eigenvalue weighted by molar-refractivity contribution is 7.89. The van der Waals surface area contributed by atoms with Gasteiger partial charge in [-0.2, -0.15) is 4.31 Å². The Morgan fingerprint density at radius 3 is 1.97 bits per heavy atom. The fraction of sp³-hybridized carbons (Fsp3) is 0.409. The van der Waals surface area contributed by atoms with Crippen LogP contribution in [0, 0.1) is 5.92 Å². The van der Waals surface area contributed by atoms with E-state index in [4.69, 9.17) is 9.94 Å². The number of hydrogen-bond acceptors (Lipinski definition) is 6. The first-order valence-electron chi connectivity index (χ1n) is 10.00. The maximum absolute atomic E-state index is 12.9. The summed E-state index contributed by atoms with van der Waals surface area (Å²) < 4.78 is 32.6. The molecule has 0 bridgehead atoms. The summed E-state index contributed by atoms with van der Waals surface area (Å²) in [6.07, 6.45) is 0.943. The fourth-order valence-corrected chi connectivity index (χ4v) is 4.61. The summed E-state index contributed by atoms with van der Waals surface area (Å²) in [5.74, 6) is 0.0299. The molecule has 0 saturated heterocycles. The number of hydroxylamine groups is 1. The summed E-state index contributed by atoms with van der Waals surface area (Å²) >= 11 is 0. The lowest BCUT2D eigenvalue weighted by atomic mass is 10.0. The van der Waals surface area contributed by atoms with Gasteiger partial charge in [-0.1, -0.05) is 26.0 Å². The molecule has 1 atom stereocenters. The van der Waals surface area contributed by atoms with Gasteiger partial charge in [0.05, 0.1) is 4.90 Å². The predicted octanol–water partition coefficient (Wildman–Crippen LogP) is 2.73. The minimum atomic E-state index is -3.95. The molecule has 0 aromatic heterocycles. The molecule has 31 heavy (non-hydrogen) atoms. The van der Waals surface area contributed by atoms with Crippen molar-refractivity contribution in [2.45, 2.75) is 31.2 Å². The van der Waals surface area contributed by atoms with Crippen LogP contribution in [0.3, 0.4) is 0 Å². The molecule has 2 rings (SSSR count). The van der Waals surface area contributed by atoms with E-state index < -0.39 is 22.0 Å². The third-order valence-corrected chi connectivity index (χ3v) is 6.76. The Morgan fingerprint density at radius 2 is 1.52 bits per heavy atom. The first-order chi connectivity index (χ1) is 14.6. The van der Waals surface area contributed by atoms with Crippen molar-refractivity contribution in [3.05, 3.63) is 54.1 Å². The molecule has 2 aromatic carbocycles. The van der Waals surface area contributed by atoms with Crippen LogP contribution in [0.4, 0.5) is 0 Å². The lowest BCUT2D eigenvalue weighted by Crippen LogP contribution is -2.49. The number of carbonyl (C=O) groups excluding carboxylic acids is 1. The molecule has 0 unspecified atom stereocenters. The number of nitrogens with zero attached hydrogens (tertiary/aromatic N) is 2. The van der Waals surface area contributed by atoms with Crippen molar-refractivity contribution >= 4 is 15.9 Å². The van der Waals surface area contributed by atoms with Crippen molar-refractivity contribution in [2.24, 2.45) is 5.92 Å². The van der Waals surface area contributed by atoms with Gasteiger partial charge < -0.3 is 9.64 Å². The highest BCUT2D eigenvalue weighted by atomic mass is 32.2. The van der Waals surface area contributed by atoms with E-state index in [1.165, 1.54) is 30.2 Å². The Hall–Kier alpha value is -2.46. The van der Waals surface area contributed by atoms with Gasteiger partial charge in [-0.25, -0.2) is 13.9 Å². The van der Waals surface area contributed by atoms with Crippen molar-refractivity contribution < 1.29 is 23.2 Å². The number of benzene rings is 2. The summed E-state index contributed by atoms with van der Waals surface area (Å²) in [7, 11) is 1.43. The van der Waals surface area contributed by atoms with Crippen LogP contribution in [0.15, 0.2) is 53.4 Å². The third-order valence-electron chi connectivity index (χ3n) is 4.91. The summed E-state index contributed by atoms with van der Waals surface area (Å²) in [6.45, 7) is 4.37. The third kappa shape index (κ3) is 6.51. The molecule has 8 nitrogen and oxygen atoms in total. The molecule has 0 fully saturated rings. The maximum atomic E-state index is 12.9. The molecule has 0 heterocycles. The zero-order chi connectivity index (χ0) is 23.2. The molecule has 0 saturated carbocycles. The first-order valence-corrected chi connectivity index (χ1v) is 11.4. The van der Waals surface area contributed by atoms with E-state index >= 15 is 0 Å². The second-order valence-electron chi connectivity index (χ2n) is 7.96. The fourth-order valence-electron chi connectivity index (χ4n) is 3.16. The monoisotopic (exact) mass is 449 g/mol. The van der Waals surface area contributed by atoms with Crippen LogP contribution in [0.2, 0.25) is 0 Å². The van der Waals surface area contributed by atoms with Crippen molar-refractivity contribution in [1.29, 1.82) is 0 Å². The highest BCUT2D eigenvalue weighted by Crippen LogP contribution is 2.26. The van der Waals surface area contributed by atoms with E-state index in [1.54, 1.807) is 26.0 Å². The second kappa shape index (κ2) is 10.7. The standard InChI is InChI=1S/C22H31N3O5S/c1-16(2)21(22(26)23-27)25(5)31(28,29)20-12-10-19(11-13-20)30-18-8-6-17(7-9-18)14-15-24(3)4/h6-13,16,21,27H,14-15H2,1-5H3,(H,23,26)/t21-/m1/s1. The van der Waals surface area contributed by atoms with Crippen molar-refractivity contribution in [3.8, 4) is 11.5 Å². The van der Waals surface area contributed by atoms with Crippen LogP contribution in [0.25, 0.3) is 0 Å². The molecule has 0 aliphatic carbocycles. The molecule has 0 aliphatic rings. The van der Waals surface area contributed by atoms with Gasteiger partial charge in [0.2, 0.25) is 10.0 Å². The Morgan fingerprint density at radius 1 is 1.00 bits per heavy atom. The molecule has 2 aromatic rings. The van der Waals surface area contributed by atoms with E-state index in [0.717, 1.165) is 17.3 Å². The highest BCUT2D eigenvalue weighted by Gasteiger charge is 2.35. The van der Waals surface area contributed by atoms with Crippen molar-refractivity contribution in [3.63, 3.8) is 0 Å². The van der Waals surface area contributed by atoms with Crippen LogP contribution in [0.5, 0.6) is 11.5 Å². The van der Waals surface area contributed by atoms with Gasteiger partial charge in [0.1, 0.15) is 17.5 Å². The number of ether oxygens (including phenoxy) is 1. The van der Waals surface area contributed by atoms with Crippen molar-refractivity contribution in [2.75, 3.05) is 27.7 Å². The minimum absolute atomic E-state index is 0.0257. The molecular weight excluding hydrogens is 418 g/mol. The number of hydrogen-bond donors (Lipinski definition) is 2. The normalized spacial score (nSPS) is 12.9. The lowest BCUT2D eigenvalue weighted by molar-refractivity contribution is -0.134. The van der Waals surface area contributed by atoms with E-state index in [9.17, 15) is 13.2 Å². The summed E-state index contributed by atoms with van der Waals surface area (Å²) in [5, 5.41) is 8.95. The largest absolute Gasteiger partial charge is 0.457 e. The zero-order valence-corrected chi connectivity index (χ0v) is 19.4. The van der Waals surface area contributed by atoms with Crippen LogP contribution >= 0.6 is 0 Å². The van der Waals surface area contributed by atoms with Gasteiger partial charge in [-0.05, 0) is 68.4 Å². The second-order valence-corrected chi connectivity index (χ2v) is 9.95. The van der Waals surface area contributed by atoms with Gasteiger partial charge in [0, 0.05) is 13.6 Å². The number of rotatable bonds is 10. The number of nitrogens with one attached hydrogen (secondary N) is 1. The van der Waals surface area contributed by atoms with Gasteiger partial charge in [-0.15, -0.1) is 0 Å². The smallest absolute Gasteiger partial charge is 0.262 e. The lowest BCUT2D eigenvalue weighted by Gasteiger charge is -2.28. The molecule has 0 aliphatic heterocycles. The molecule has 9 heteroatoms. The summed E-state index contributed by atoms with van der Waals surface area (Å²) in [6, 6.07) is 12.7.